The van der Waals surface area contributed by atoms with E-state index < -0.39 is 26.9 Å². The van der Waals surface area contributed by atoms with Crippen LogP contribution in [0.1, 0.15) is 13.3 Å². The molecule has 0 fully saturated rings. The first kappa shape index (κ1) is 21.4. The molecule has 3 N–H and O–H groups in total. The van der Waals surface area contributed by atoms with Crippen LogP contribution in [0.2, 0.25) is 0 Å². The summed E-state index contributed by atoms with van der Waals surface area (Å²) >= 11 is -1.82. The highest BCUT2D eigenvalue weighted by Gasteiger charge is 2.27. The molecule has 0 radical (unpaired) electrons. The Morgan fingerprint density at radius 1 is 1.38 bits per heavy atom. The van der Waals surface area contributed by atoms with Crippen molar-refractivity contribution in [1.82, 2.24) is 13.1 Å². The van der Waals surface area contributed by atoms with Gasteiger partial charge in [0.25, 0.3) is 0 Å². The van der Waals surface area contributed by atoms with Crippen molar-refractivity contribution in [2.75, 3.05) is 31.3 Å². The van der Waals surface area contributed by atoms with Crippen LogP contribution in [0.15, 0.2) is 28.9 Å². The van der Waals surface area contributed by atoms with Gasteiger partial charge in [0.15, 0.2) is 16.9 Å². The maximum atomic E-state index is 12.6. The summed E-state index contributed by atoms with van der Waals surface area (Å²) in [4.78, 5) is -0.209. The zero-order valence-corrected chi connectivity index (χ0v) is 18.1. The lowest BCUT2D eigenvalue weighted by atomic mass is 9.95. The van der Waals surface area contributed by atoms with E-state index in [-0.39, 0.29) is 28.3 Å². The molecule has 13 heteroatoms. The largest absolute Gasteiger partial charge is 0.546 e. The maximum absolute atomic E-state index is 12.6. The van der Waals surface area contributed by atoms with Gasteiger partial charge in [0, 0.05) is 29.3 Å². The number of rotatable bonds is 7. The number of allylic oxidation sites excluding steroid dienone is 1. The van der Waals surface area contributed by atoms with Crippen molar-refractivity contribution in [3.63, 3.8) is 0 Å². The third kappa shape index (κ3) is 4.47. The number of phenolic OH excluding ortho intramolecular Hbond substituents is 1. The van der Waals surface area contributed by atoms with Gasteiger partial charge in [0.2, 0.25) is 21.7 Å². The third-order valence-corrected chi connectivity index (χ3v) is 7.07. The van der Waals surface area contributed by atoms with Gasteiger partial charge >= 0.3 is 0 Å². The topological polar surface area (TPSA) is 140 Å². The minimum absolute atomic E-state index is 0.0717. The zero-order chi connectivity index (χ0) is 21.3. The minimum Gasteiger partial charge on any atom is -0.546 e. The lowest BCUT2D eigenvalue weighted by Crippen LogP contribution is -2.28. The van der Waals surface area contributed by atoms with E-state index in [4.69, 9.17) is 4.74 Å². The summed E-state index contributed by atoms with van der Waals surface area (Å²) in [6.07, 6.45) is 2.66. The molecule has 0 spiro atoms. The molecule has 1 aromatic carbocycles. The first-order valence-electron chi connectivity index (χ1n) is 8.78. The molecule has 0 saturated heterocycles. The SMILES string of the molecule is Bc1ccc(Nc2n[s+]([O-])nc2NCC2CC=C(C)O2)c(O)c1S(=O)(=O)N(C)C. The first-order chi connectivity index (χ1) is 13.6. The number of benzene rings is 1. The number of anilines is 3. The van der Waals surface area contributed by atoms with Gasteiger partial charge in [0.05, 0.1) is 18.0 Å². The number of ether oxygens (including phenoxy) is 1. The molecule has 0 saturated carbocycles. The van der Waals surface area contributed by atoms with E-state index in [1.54, 1.807) is 13.9 Å². The fourth-order valence-electron chi connectivity index (χ4n) is 2.86. The van der Waals surface area contributed by atoms with Crippen molar-refractivity contribution < 1.29 is 22.8 Å². The summed E-state index contributed by atoms with van der Waals surface area (Å²) in [6, 6.07) is 3.09. The number of aromatic hydroxyl groups is 1. The highest BCUT2D eigenvalue weighted by atomic mass is 32.2. The predicted molar refractivity (Wildman–Crippen MR) is 113 cm³/mol. The molecule has 1 aliphatic heterocycles. The fourth-order valence-corrected chi connectivity index (χ4v) is 4.69. The monoisotopic (exact) mass is 439 g/mol. The van der Waals surface area contributed by atoms with Crippen molar-refractivity contribution in [2.45, 2.75) is 24.3 Å². The lowest BCUT2D eigenvalue weighted by Gasteiger charge is -2.17. The quantitative estimate of drug-likeness (QED) is 0.315. The van der Waals surface area contributed by atoms with Gasteiger partial charge < -0.3 is 25.0 Å². The van der Waals surface area contributed by atoms with Gasteiger partial charge in [-0.2, -0.15) is 0 Å². The summed E-state index contributed by atoms with van der Waals surface area (Å²) in [5, 5.41) is 16.5. The Bertz CT molecular complexity index is 1050. The molecule has 156 valence electrons. The first-order valence-corrected chi connectivity index (χ1v) is 11.3. The summed E-state index contributed by atoms with van der Waals surface area (Å²) in [5.41, 5.74) is 0.504. The van der Waals surface area contributed by atoms with Gasteiger partial charge in [0.1, 0.15) is 18.8 Å². The van der Waals surface area contributed by atoms with Crippen molar-refractivity contribution >= 4 is 51.8 Å². The normalized spacial score (nSPS) is 17.2. The molecule has 0 bridgehead atoms. The summed E-state index contributed by atoms with van der Waals surface area (Å²) in [7, 11) is 0.489. The Morgan fingerprint density at radius 3 is 2.69 bits per heavy atom. The Hall–Kier alpha value is -2.35. The van der Waals surface area contributed by atoms with E-state index in [0.29, 0.717) is 12.0 Å². The standard InChI is InChI=1S/C16H22BN5O5S2/c1-9-4-5-10(27-9)8-18-15-16(21-28(24)20-15)19-12-7-6-11(17)14(13(12)23)29(25,26)22(2)3/h4,6-7,10,23H,5,8,17H2,1-3H3,(H,18,20)(H,19,21). The molecule has 2 unspecified atom stereocenters. The number of phenols is 1. The molecule has 0 amide bonds. The van der Waals surface area contributed by atoms with Crippen molar-refractivity contribution in [3.05, 3.63) is 24.0 Å². The van der Waals surface area contributed by atoms with E-state index in [1.807, 2.05) is 13.0 Å². The summed E-state index contributed by atoms with van der Waals surface area (Å²) in [6.45, 7) is 2.29. The predicted octanol–water partition coefficient (Wildman–Crippen LogP) is 0.267. The Morgan fingerprint density at radius 2 is 2.07 bits per heavy atom. The smallest absolute Gasteiger partial charge is 0.245 e. The fraction of sp³-hybridized carbons (Fsp3) is 0.375. The highest BCUT2D eigenvalue weighted by molar-refractivity contribution is 7.89. The lowest BCUT2D eigenvalue weighted by molar-refractivity contribution is 0.156. The van der Waals surface area contributed by atoms with Crippen LogP contribution in [0.3, 0.4) is 0 Å². The average Bonchev–Trinajstić information content (AvgIpc) is 3.20. The summed E-state index contributed by atoms with van der Waals surface area (Å²) in [5.74, 6) is 0.782. The van der Waals surface area contributed by atoms with Crippen LogP contribution in [0, 0.1) is 0 Å². The van der Waals surface area contributed by atoms with Gasteiger partial charge in [-0.05, 0) is 19.1 Å². The van der Waals surface area contributed by atoms with Crippen LogP contribution in [0.4, 0.5) is 17.3 Å². The Kier molecular flexibility index (Phi) is 6.03. The Balaban J connectivity index is 1.85. The number of hydrogen-bond donors (Lipinski definition) is 3. The molecule has 2 aromatic rings. The number of nitrogens with zero attached hydrogens (tertiary/aromatic N) is 3. The second-order valence-corrected chi connectivity index (χ2v) is 9.72. The number of nitrogens with one attached hydrogen (secondary N) is 2. The van der Waals surface area contributed by atoms with Crippen LogP contribution < -0.4 is 16.1 Å². The minimum atomic E-state index is -3.87. The van der Waals surface area contributed by atoms with Crippen LogP contribution >= 0.6 is 11.1 Å². The van der Waals surface area contributed by atoms with E-state index in [0.717, 1.165) is 16.5 Å². The number of aromatic nitrogens is 2. The molecule has 3 rings (SSSR count). The second-order valence-electron chi connectivity index (χ2n) is 6.80. The molecular weight excluding hydrogens is 417 g/mol. The average molecular weight is 439 g/mol. The highest BCUT2D eigenvalue weighted by Crippen LogP contribution is 2.35. The van der Waals surface area contributed by atoms with Gasteiger partial charge in [-0.3, -0.25) is 0 Å². The van der Waals surface area contributed by atoms with Gasteiger partial charge in [-0.1, -0.05) is 11.5 Å². The van der Waals surface area contributed by atoms with Crippen LogP contribution in [0.25, 0.3) is 0 Å². The van der Waals surface area contributed by atoms with E-state index >= 15 is 0 Å². The molecular formula is C16H22BN5O5S2. The van der Waals surface area contributed by atoms with Crippen molar-refractivity contribution in [3.8, 4) is 5.75 Å². The van der Waals surface area contributed by atoms with E-state index in [2.05, 4.69) is 19.4 Å². The van der Waals surface area contributed by atoms with Crippen LogP contribution in [-0.4, -0.2) is 65.7 Å². The van der Waals surface area contributed by atoms with E-state index in [9.17, 15) is 18.1 Å². The van der Waals surface area contributed by atoms with E-state index in [1.165, 1.54) is 20.2 Å². The molecule has 10 nitrogen and oxygen atoms in total. The van der Waals surface area contributed by atoms with Gasteiger partial charge in [-0.15, -0.1) is 0 Å². The van der Waals surface area contributed by atoms with Gasteiger partial charge in [-0.25, -0.2) is 12.7 Å². The van der Waals surface area contributed by atoms with Crippen molar-refractivity contribution in [2.24, 2.45) is 0 Å². The molecule has 1 aromatic heterocycles. The zero-order valence-electron chi connectivity index (χ0n) is 16.5. The Labute approximate surface area is 173 Å². The molecule has 2 heterocycles. The third-order valence-electron chi connectivity index (χ3n) is 4.40. The maximum Gasteiger partial charge on any atom is 0.245 e. The number of sulfonamides is 1. The molecule has 2 atom stereocenters. The second kappa shape index (κ2) is 8.18. The molecule has 0 aliphatic carbocycles. The van der Waals surface area contributed by atoms with Crippen LogP contribution in [0.5, 0.6) is 5.75 Å². The molecule has 1 aliphatic rings. The molecule has 29 heavy (non-hydrogen) atoms. The number of hydrogen-bond acceptors (Lipinski definition) is 9. The van der Waals surface area contributed by atoms with Crippen molar-refractivity contribution in [1.29, 1.82) is 0 Å². The summed E-state index contributed by atoms with van der Waals surface area (Å²) < 4.78 is 51.4. The van der Waals surface area contributed by atoms with Crippen LogP contribution in [-0.2, 0) is 14.8 Å².